The van der Waals surface area contributed by atoms with Gasteiger partial charge in [0.25, 0.3) is 0 Å². The van der Waals surface area contributed by atoms with Gasteiger partial charge in [-0.1, -0.05) is 36.8 Å². The molecule has 5 nitrogen and oxygen atoms in total. The quantitative estimate of drug-likeness (QED) is 0.645. The molecule has 0 saturated heterocycles. The van der Waals surface area contributed by atoms with Crippen LogP contribution in [0, 0.1) is 6.92 Å². The maximum absolute atomic E-state index is 5.51. The van der Waals surface area contributed by atoms with Crippen LogP contribution in [0.25, 0.3) is 0 Å². The minimum atomic E-state index is 0.689. The molecule has 0 aliphatic heterocycles. The average molecular weight is 271 g/mol. The van der Waals surface area contributed by atoms with Gasteiger partial charge >= 0.3 is 0 Å². The highest BCUT2D eigenvalue weighted by Crippen LogP contribution is 2.23. The molecular formula is C15H21N5. The maximum atomic E-state index is 5.51. The zero-order chi connectivity index (χ0) is 14.5. The Kier molecular flexibility index (Phi) is 4.53. The zero-order valence-corrected chi connectivity index (χ0v) is 12.2. The molecule has 2 rings (SSSR count). The second-order valence-corrected chi connectivity index (χ2v) is 4.87. The lowest BCUT2D eigenvalue weighted by atomic mass is 10.1. The molecule has 0 radical (unpaired) electrons. The molecule has 0 saturated carbocycles. The van der Waals surface area contributed by atoms with Crippen molar-refractivity contribution < 1.29 is 0 Å². The van der Waals surface area contributed by atoms with Crippen molar-refractivity contribution in [1.82, 2.24) is 9.97 Å². The number of anilines is 2. The van der Waals surface area contributed by atoms with Crippen LogP contribution in [-0.2, 0) is 13.0 Å². The van der Waals surface area contributed by atoms with Crippen molar-refractivity contribution >= 4 is 11.6 Å². The van der Waals surface area contributed by atoms with Gasteiger partial charge in [-0.25, -0.2) is 15.8 Å². The highest BCUT2D eigenvalue weighted by molar-refractivity contribution is 5.58. The van der Waals surface area contributed by atoms with E-state index in [1.54, 1.807) is 0 Å². The lowest BCUT2D eigenvalue weighted by molar-refractivity contribution is 0.869. The summed E-state index contributed by atoms with van der Waals surface area (Å²) in [7, 11) is 2.03. The molecule has 0 spiro atoms. The van der Waals surface area contributed by atoms with E-state index in [0.717, 1.165) is 24.3 Å². The Balaban J connectivity index is 2.27. The van der Waals surface area contributed by atoms with Crippen molar-refractivity contribution in [3.8, 4) is 0 Å². The Labute approximate surface area is 119 Å². The van der Waals surface area contributed by atoms with Gasteiger partial charge < -0.3 is 10.3 Å². The minimum absolute atomic E-state index is 0.689. The maximum Gasteiger partial charge on any atom is 0.148 e. The van der Waals surface area contributed by atoms with Crippen LogP contribution in [0.3, 0.4) is 0 Å². The molecule has 0 aliphatic carbocycles. The normalized spacial score (nSPS) is 10.4. The second-order valence-electron chi connectivity index (χ2n) is 4.87. The highest BCUT2D eigenvalue weighted by Gasteiger charge is 2.13. The lowest BCUT2D eigenvalue weighted by Crippen LogP contribution is -2.21. The fourth-order valence-corrected chi connectivity index (χ4v) is 2.34. The van der Waals surface area contributed by atoms with Crippen molar-refractivity contribution in [2.45, 2.75) is 26.8 Å². The Morgan fingerprint density at radius 1 is 1.30 bits per heavy atom. The van der Waals surface area contributed by atoms with E-state index in [9.17, 15) is 0 Å². The van der Waals surface area contributed by atoms with Gasteiger partial charge in [-0.3, -0.25) is 0 Å². The predicted octanol–water partition coefficient (Wildman–Crippen LogP) is 2.27. The van der Waals surface area contributed by atoms with Gasteiger partial charge in [-0.2, -0.15) is 0 Å². The van der Waals surface area contributed by atoms with Crippen LogP contribution in [0.4, 0.5) is 11.6 Å². The Bertz CT molecular complexity index is 582. The molecule has 2 aromatic rings. The summed E-state index contributed by atoms with van der Waals surface area (Å²) in [5.74, 6) is 7.11. The number of hydrazine groups is 1. The third kappa shape index (κ3) is 3.05. The molecule has 0 bridgehead atoms. The zero-order valence-electron chi connectivity index (χ0n) is 12.2. The summed E-state index contributed by atoms with van der Waals surface area (Å²) < 4.78 is 0. The van der Waals surface area contributed by atoms with E-state index in [1.165, 1.54) is 17.5 Å². The smallest absolute Gasteiger partial charge is 0.148 e. The molecule has 1 heterocycles. The van der Waals surface area contributed by atoms with Crippen LogP contribution in [0.2, 0.25) is 0 Å². The molecular weight excluding hydrogens is 250 g/mol. The Morgan fingerprint density at radius 3 is 2.75 bits per heavy atom. The number of nitrogen functional groups attached to an aromatic ring is 1. The van der Waals surface area contributed by atoms with Crippen LogP contribution >= 0.6 is 0 Å². The summed E-state index contributed by atoms with van der Waals surface area (Å²) in [5.41, 5.74) is 6.19. The van der Waals surface area contributed by atoms with Gasteiger partial charge in [0.05, 0.1) is 0 Å². The predicted molar refractivity (Wildman–Crippen MR) is 82.5 cm³/mol. The van der Waals surface area contributed by atoms with E-state index in [-0.39, 0.29) is 0 Å². The largest absolute Gasteiger partial charge is 0.355 e. The van der Waals surface area contributed by atoms with E-state index >= 15 is 0 Å². The number of aromatic nitrogens is 2. The molecule has 0 amide bonds. The third-order valence-electron chi connectivity index (χ3n) is 3.28. The molecule has 106 valence electrons. The van der Waals surface area contributed by atoms with E-state index < -0.39 is 0 Å². The van der Waals surface area contributed by atoms with Gasteiger partial charge in [-0.05, 0) is 18.9 Å². The van der Waals surface area contributed by atoms with Gasteiger partial charge in [-0.15, -0.1) is 0 Å². The molecule has 0 unspecified atom stereocenters. The number of aryl methyl sites for hydroxylation is 1. The first-order chi connectivity index (χ1) is 9.65. The van der Waals surface area contributed by atoms with Gasteiger partial charge in [0.2, 0.25) is 0 Å². The van der Waals surface area contributed by atoms with Crippen LogP contribution < -0.4 is 16.2 Å². The Morgan fingerprint density at radius 2 is 2.10 bits per heavy atom. The van der Waals surface area contributed by atoms with E-state index in [2.05, 4.69) is 58.4 Å². The SMILES string of the molecule is CCc1c(NN)ncnc1N(C)Cc1cccc(C)c1. The summed E-state index contributed by atoms with van der Waals surface area (Å²) in [5, 5.41) is 0. The van der Waals surface area contributed by atoms with Crippen molar-refractivity contribution in [2.24, 2.45) is 5.84 Å². The van der Waals surface area contributed by atoms with Crippen LogP contribution in [-0.4, -0.2) is 17.0 Å². The molecule has 1 aromatic carbocycles. The number of hydrogen-bond donors (Lipinski definition) is 2. The highest BCUT2D eigenvalue weighted by atomic mass is 15.3. The average Bonchev–Trinajstić information content (AvgIpc) is 2.46. The van der Waals surface area contributed by atoms with Gasteiger partial charge in [0.1, 0.15) is 18.0 Å². The molecule has 0 fully saturated rings. The van der Waals surface area contributed by atoms with Crippen molar-refractivity contribution in [1.29, 1.82) is 0 Å². The monoisotopic (exact) mass is 271 g/mol. The number of rotatable bonds is 5. The van der Waals surface area contributed by atoms with Crippen molar-refractivity contribution in [3.05, 3.63) is 47.3 Å². The third-order valence-corrected chi connectivity index (χ3v) is 3.28. The molecule has 5 heteroatoms. The van der Waals surface area contributed by atoms with E-state index in [4.69, 9.17) is 5.84 Å². The summed E-state index contributed by atoms with van der Waals surface area (Å²) in [6.45, 7) is 4.97. The number of nitrogens with one attached hydrogen (secondary N) is 1. The van der Waals surface area contributed by atoms with Crippen LogP contribution in [0.5, 0.6) is 0 Å². The van der Waals surface area contributed by atoms with Gasteiger partial charge in [0.15, 0.2) is 0 Å². The summed E-state index contributed by atoms with van der Waals surface area (Å²) in [6.07, 6.45) is 2.37. The van der Waals surface area contributed by atoms with Crippen molar-refractivity contribution in [2.75, 3.05) is 17.4 Å². The summed E-state index contributed by atoms with van der Waals surface area (Å²) in [4.78, 5) is 10.7. The fraction of sp³-hybridized carbons (Fsp3) is 0.333. The number of nitrogens with two attached hydrogens (primary N) is 1. The molecule has 20 heavy (non-hydrogen) atoms. The summed E-state index contributed by atoms with van der Waals surface area (Å²) in [6, 6.07) is 8.48. The summed E-state index contributed by atoms with van der Waals surface area (Å²) >= 11 is 0. The first-order valence-corrected chi connectivity index (χ1v) is 6.72. The molecule has 0 aliphatic rings. The number of benzene rings is 1. The first-order valence-electron chi connectivity index (χ1n) is 6.72. The molecule has 0 atom stereocenters. The van der Waals surface area contributed by atoms with Crippen LogP contribution in [0.15, 0.2) is 30.6 Å². The van der Waals surface area contributed by atoms with Crippen LogP contribution in [0.1, 0.15) is 23.6 Å². The molecule has 3 N–H and O–H groups in total. The topological polar surface area (TPSA) is 67.1 Å². The fourth-order valence-electron chi connectivity index (χ4n) is 2.34. The standard InChI is InChI=1S/C15H21N5/c1-4-13-14(19-16)17-10-18-15(13)20(3)9-12-7-5-6-11(2)8-12/h5-8,10H,4,9,16H2,1-3H3,(H,17,18,19). The number of nitrogens with zero attached hydrogens (tertiary/aromatic N) is 3. The lowest BCUT2D eigenvalue weighted by Gasteiger charge is -2.22. The molecule has 1 aromatic heterocycles. The first kappa shape index (κ1) is 14.3. The van der Waals surface area contributed by atoms with Gasteiger partial charge in [0, 0.05) is 19.2 Å². The van der Waals surface area contributed by atoms with E-state index in [1.807, 2.05) is 7.05 Å². The number of hydrogen-bond acceptors (Lipinski definition) is 5. The second kappa shape index (κ2) is 6.34. The Hall–Kier alpha value is -2.14. The van der Waals surface area contributed by atoms with E-state index in [0.29, 0.717) is 5.82 Å². The minimum Gasteiger partial charge on any atom is -0.355 e. The van der Waals surface area contributed by atoms with Crippen molar-refractivity contribution in [3.63, 3.8) is 0 Å².